The molecule has 1 aliphatic heterocycles. The third kappa shape index (κ3) is 1.92. The number of aromatic nitrogens is 2. The van der Waals surface area contributed by atoms with E-state index in [2.05, 4.69) is 27.4 Å². The highest BCUT2D eigenvalue weighted by Crippen LogP contribution is 2.16. The molecule has 3 N–H and O–H groups in total. The lowest BCUT2D eigenvalue weighted by Crippen LogP contribution is -2.30. The number of nitrogens with one attached hydrogen (secondary N) is 1. The van der Waals surface area contributed by atoms with Gasteiger partial charge in [0.25, 0.3) is 0 Å². The molecule has 1 atom stereocenters. The van der Waals surface area contributed by atoms with Gasteiger partial charge in [0, 0.05) is 6.54 Å². The summed E-state index contributed by atoms with van der Waals surface area (Å²) in [6.45, 7) is 0.784. The average molecular weight is 227 g/mol. The molecule has 0 bridgehead atoms. The monoisotopic (exact) mass is 227 g/mol. The summed E-state index contributed by atoms with van der Waals surface area (Å²) in [6, 6.07) is 10.2. The van der Waals surface area contributed by atoms with Crippen molar-refractivity contribution >= 4 is 12.0 Å². The normalized spacial score (nSPS) is 17.6. The molecule has 0 aliphatic carbocycles. The van der Waals surface area contributed by atoms with Gasteiger partial charge in [-0.1, -0.05) is 30.3 Å². The molecular formula is C12H13N5. The molecule has 2 aromatic rings. The van der Waals surface area contributed by atoms with Crippen LogP contribution in [0.5, 0.6) is 0 Å². The van der Waals surface area contributed by atoms with Crippen molar-refractivity contribution in [1.29, 1.82) is 0 Å². The van der Waals surface area contributed by atoms with Crippen molar-refractivity contribution in [3.63, 3.8) is 0 Å². The van der Waals surface area contributed by atoms with Crippen molar-refractivity contribution in [2.24, 2.45) is 10.7 Å². The molecule has 2 heterocycles. The van der Waals surface area contributed by atoms with Crippen LogP contribution in [-0.4, -0.2) is 22.1 Å². The van der Waals surface area contributed by atoms with Gasteiger partial charge >= 0.3 is 0 Å². The van der Waals surface area contributed by atoms with E-state index < -0.39 is 0 Å². The Kier molecular flexibility index (Phi) is 2.38. The zero-order valence-corrected chi connectivity index (χ0v) is 9.24. The summed E-state index contributed by atoms with van der Waals surface area (Å²) in [4.78, 5) is 8.41. The fourth-order valence-electron chi connectivity index (χ4n) is 1.87. The van der Waals surface area contributed by atoms with Crippen LogP contribution in [0.1, 0.15) is 11.3 Å². The zero-order chi connectivity index (χ0) is 11.7. The first-order valence-electron chi connectivity index (χ1n) is 5.47. The first kappa shape index (κ1) is 10.0. The number of aliphatic imine (C=N–C) groups is 1. The van der Waals surface area contributed by atoms with Crippen molar-refractivity contribution in [3.8, 4) is 0 Å². The Hall–Kier alpha value is -2.14. The van der Waals surface area contributed by atoms with Crippen LogP contribution in [-0.2, 0) is 6.54 Å². The standard InChI is InChI=1S/C12H13N5/c13-12-14-6-10-11(16-12)15-8-17(10)7-9-4-2-1-3-5-9/h1-6,8,12,16H,7,13H2. The minimum Gasteiger partial charge on any atom is -0.335 e. The van der Waals surface area contributed by atoms with E-state index in [1.165, 1.54) is 5.56 Å². The lowest BCUT2D eigenvalue weighted by Gasteiger charge is -2.15. The van der Waals surface area contributed by atoms with Gasteiger partial charge in [-0.2, -0.15) is 0 Å². The Labute approximate surface area is 99.0 Å². The number of hydrogen-bond donors (Lipinski definition) is 2. The van der Waals surface area contributed by atoms with Gasteiger partial charge in [-0.3, -0.25) is 10.7 Å². The molecule has 86 valence electrons. The van der Waals surface area contributed by atoms with E-state index in [1.807, 2.05) is 22.8 Å². The fourth-order valence-corrected chi connectivity index (χ4v) is 1.87. The summed E-state index contributed by atoms with van der Waals surface area (Å²) in [5.41, 5.74) is 7.85. The van der Waals surface area contributed by atoms with Crippen molar-refractivity contribution in [3.05, 3.63) is 47.9 Å². The highest BCUT2D eigenvalue weighted by atomic mass is 15.3. The number of nitrogens with two attached hydrogens (primary N) is 1. The van der Waals surface area contributed by atoms with Crippen molar-refractivity contribution in [2.45, 2.75) is 12.8 Å². The van der Waals surface area contributed by atoms with Gasteiger partial charge in [-0.25, -0.2) is 4.98 Å². The molecule has 0 saturated carbocycles. The number of hydrogen-bond acceptors (Lipinski definition) is 4. The second-order valence-corrected chi connectivity index (χ2v) is 3.96. The van der Waals surface area contributed by atoms with Gasteiger partial charge in [0.15, 0.2) is 12.1 Å². The maximum Gasteiger partial charge on any atom is 0.172 e. The molecule has 0 fully saturated rings. The molecule has 5 nitrogen and oxygen atoms in total. The number of benzene rings is 1. The Balaban J connectivity index is 1.90. The number of imidazole rings is 1. The molecule has 0 amide bonds. The van der Waals surface area contributed by atoms with Crippen LogP contribution in [0.3, 0.4) is 0 Å². The summed E-state index contributed by atoms with van der Waals surface area (Å²) in [5.74, 6) is 0.795. The lowest BCUT2D eigenvalue weighted by molar-refractivity contribution is 0.771. The van der Waals surface area contributed by atoms with E-state index in [4.69, 9.17) is 5.73 Å². The van der Waals surface area contributed by atoms with Gasteiger partial charge in [0.1, 0.15) is 5.69 Å². The summed E-state index contributed by atoms with van der Waals surface area (Å²) >= 11 is 0. The largest absolute Gasteiger partial charge is 0.335 e. The Morgan fingerprint density at radius 1 is 1.29 bits per heavy atom. The SMILES string of the molecule is NC1N=Cc2c(ncn2Cc2ccccc2)N1. The van der Waals surface area contributed by atoms with E-state index >= 15 is 0 Å². The molecule has 17 heavy (non-hydrogen) atoms. The molecule has 3 rings (SSSR count). The van der Waals surface area contributed by atoms with Crippen LogP contribution in [0.4, 0.5) is 5.82 Å². The maximum absolute atomic E-state index is 5.65. The fraction of sp³-hybridized carbons (Fsp3) is 0.167. The number of anilines is 1. The molecule has 1 aromatic heterocycles. The van der Waals surface area contributed by atoms with Crippen molar-refractivity contribution in [1.82, 2.24) is 9.55 Å². The quantitative estimate of drug-likeness (QED) is 0.804. The van der Waals surface area contributed by atoms with Crippen LogP contribution in [0.25, 0.3) is 0 Å². The van der Waals surface area contributed by atoms with Crippen molar-refractivity contribution < 1.29 is 0 Å². The highest BCUT2D eigenvalue weighted by Gasteiger charge is 2.15. The van der Waals surface area contributed by atoms with Crippen LogP contribution < -0.4 is 11.1 Å². The van der Waals surface area contributed by atoms with Crippen LogP contribution in [0, 0.1) is 0 Å². The second kappa shape index (κ2) is 4.03. The summed E-state index contributed by atoms with van der Waals surface area (Å²) in [6.07, 6.45) is 3.18. The third-order valence-corrected chi connectivity index (χ3v) is 2.72. The molecule has 0 spiro atoms. The topological polar surface area (TPSA) is 68.2 Å². The third-order valence-electron chi connectivity index (χ3n) is 2.72. The highest BCUT2D eigenvalue weighted by molar-refractivity contribution is 5.86. The first-order chi connectivity index (χ1) is 8.33. The van der Waals surface area contributed by atoms with Crippen LogP contribution in [0.15, 0.2) is 41.7 Å². The molecule has 1 aromatic carbocycles. The van der Waals surface area contributed by atoms with Crippen molar-refractivity contribution in [2.75, 3.05) is 5.32 Å². The summed E-state index contributed by atoms with van der Waals surface area (Å²) in [7, 11) is 0. The molecule has 1 unspecified atom stereocenters. The maximum atomic E-state index is 5.65. The molecule has 0 saturated heterocycles. The van der Waals surface area contributed by atoms with Gasteiger partial charge in [-0.05, 0) is 5.56 Å². The predicted octanol–water partition coefficient (Wildman–Crippen LogP) is 1.02. The van der Waals surface area contributed by atoms with E-state index in [-0.39, 0.29) is 6.29 Å². The smallest absolute Gasteiger partial charge is 0.172 e. The predicted molar refractivity (Wildman–Crippen MR) is 67.0 cm³/mol. The van der Waals surface area contributed by atoms with Gasteiger partial charge in [0.2, 0.25) is 0 Å². The van der Waals surface area contributed by atoms with E-state index in [0.29, 0.717) is 0 Å². The zero-order valence-electron chi connectivity index (χ0n) is 9.24. The number of rotatable bonds is 2. The lowest BCUT2D eigenvalue weighted by atomic mass is 10.2. The molecule has 1 aliphatic rings. The average Bonchev–Trinajstić information content (AvgIpc) is 2.73. The molecule has 0 radical (unpaired) electrons. The molecule has 5 heteroatoms. The Bertz CT molecular complexity index is 543. The minimum absolute atomic E-state index is 0.387. The second-order valence-electron chi connectivity index (χ2n) is 3.96. The minimum atomic E-state index is -0.387. The number of fused-ring (bicyclic) bond motifs is 1. The van der Waals surface area contributed by atoms with Gasteiger partial charge < -0.3 is 9.88 Å². The Morgan fingerprint density at radius 2 is 2.12 bits per heavy atom. The van der Waals surface area contributed by atoms with E-state index in [1.54, 1.807) is 12.5 Å². The van der Waals surface area contributed by atoms with E-state index in [0.717, 1.165) is 18.1 Å². The van der Waals surface area contributed by atoms with E-state index in [9.17, 15) is 0 Å². The summed E-state index contributed by atoms with van der Waals surface area (Å²) in [5, 5.41) is 3.01. The van der Waals surface area contributed by atoms with Gasteiger partial charge in [-0.15, -0.1) is 0 Å². The van der Waals surface area contributed by atoms with Crippen LogP contribution >= 0.6 is 0 Å². The van der Waals surface area contributed by atoms with Gasteiger partial charge in [0.05, 0.1) is 12.5 Å². The van der Waals surface area contributed by atoms with Crippen LogP contribution in [0.2, 0.25) is 0 Å². The number of nitrogens with zero attached hydrogens (tertiary/aromatic N) is 3. The Morgan fingerprint density at radius 3 is 2.94 bits per heavy atom. The molecular weight excluding hydrogens is 214 g/mol. The summed E-state index contributed by atoms with van der Waals surface area (Å²) < 4.78 is 2.05. The first-order valence-corrected chi connectivity index (χ1v) is 5.47.